The Labute approximate surface area is 142 Å². The first-order chi connectivity index (χ1) is 11.4. The van der Waals surface area contributed by atoms with Gasteiger partial charge in [-0.05, 0) is 54.9 Å². The standard InChI is InChI=1S/C19H25FN2O2/c1-11(2)7-15-9-13(10-18(23)21-15)19(24)22-17-6-3-12-8-14(20)4-5-16(12)17/h4-5,8,11,13,15,17H,3,6-7,9-10H2,1-2H3,(H,21,23)(H,22,24). The van der Waals surface area contributed by atoms with Gasteiger partial charge >= 0.3 is 0 Å². The molecular weight excluding hydrogens is 307 g/mol. The highest BCUT2D eigenvalue weighted by atomic mass is 19.1. The number of aryl methyl sites for hydroxylation is 1. The third-order valence-electron chi connectivity index (χ3n) is 4.99. The van der Waals surface area contributed by atoms with Gasteiger partial charge in [-0.1, -0.05) is 19.9 Å². The normalized spacial score (nSPS) is 26.2. The lowest BCUT2D eigenvalue weighted by Crippen LogP contribution is -2.47. The van der Waals surface area contributed by atoms with Crippen LogP contribution in [0.5, 0.6) is 0 Å². The molecule has 1 aliphatic heterocycles. The predicted molar refractivity (Wildman–Crippen MR) is 89.7 cm³/mol. The van der Waals surface area contributed by atoms with Crippen LogP contribution in [0.2, 0.25) is 0 Å². The fraction of sp³-hybridized carbons (Fsp3) is 0.579. The third kappa shape index (κ3) is 3.77. The summed E-state index contributed by atoms with van der Waals surface area (Å²) in [5.74, 6) is -0.122. The van der Waals surface area contributed by atoms with Crippen molar-refractivity contribution >= 4 is 11.8 Å². The highest BCUT2D eigenvalue weighted by Crippen LogP contribution is 2.32. The van der Waals surface area contributed by atoms with Crippen LogP contribution in [-0.4, -0.2) is 17.9 Å². The first kappa shape index (κ1) is 16.9. The van der Waals surface area contributed by atoms with Crippen molar-refractivity contribution in [2.45, 2.75) is 58.0 Å². The average Bonchev–Trinajstić information content (AvgIpc) is 2.88. The van der Waals surface area contributed by atoms with E-state index >= 15 is 0 Å². The predicted octanol–water partition coefficient (Wildman–Crippen LogP) is 2.87. The average molecular weight is 332 g/mol. The van der Waals surface area contributed by atoms with Gasteiger partial charge < -0.3 is 10.6 Å². The van der Waals surface area contributed by atoms with Crippen LogP contribution in [0.3, 0.4) is 0 Å². The topological polar surface area (TPSA) is 58.2 Å². The molecule has 130 valence electrons. The summed E-state index contributed by atoms with van der Waals surface area (Å²) in [5, 5.41) is 6.06. The number of nitrogens with one attached hydrogen (secondary N) is 2. The Bertz CT molecular complexity index is 644. The van der Waals surface area contributed by atoms with Gasteiger partial charge in [0.25, 0.3) is 0 Å². The molecule has 1 aromatic carbocycles. The quantitative estimate of drug-likeness (QED) is 0.891. The number of fused-ring (bicyclic) bond motifs is 1. The van der Waals surface area contributed by atoms with E-state index in [2.05, 4.69) is 24.5 Å². The zero-order valence-corrected chi connectivity index (χ0v) is 14.3. The Balaban J connectivity index is 1.64. The minimum absolute atomic E-state index is 0.0408. The van der Waals surface area contributed by atoms with Gasteiger partial charge in [-0.3, -0.25) is 9.59 Å². The molecule has 0 spiro atoms. The molecule has 0 aromatic heterocycles. The van der Waals surface area contributed by atoms with Gasteiger partial charge in [-0.15, -0.1) is 0 Å². The van der Waals surface area contributed by atoms with Crippen molar-refractivity contribution in [3.05, 3.63) is 35.1 Å². The molecule has 1 saturated heterocycles. The van der Waals surface area contributed by atoms with Crippen LogP contribution >= 0.6 is 0 Å². The smallest absolute Gasteiger partial charge is 0.224 e. The van der Waals surface area contributed by atoms with Crippen molar-refractivity contribution in [3.63, 3.8) is 0 Å². The SMILES string of the molecule is CC(C)CC1CC(C(=O)NC2CCc3cc(F)ccc32)CC(=O)N1. The highest BCUT2D eigenvalue weighted by Gasteiger charge is 2.33. The van der Waals surface area contributed by atoms with Crippen LogP contribution in [0, 0.1) is 17.7 Å². The van der Waals surface area contributed by atoms with E-state index in [9.17, 15) is 14.0 Å². The number of hydrogen-bond acceptors (Lipinski definition) is 2. The number of benzene rings is 1. The van der Waals surface area contributed by atoms with Crippen LogP contribution < -0.4 is 10.6 Å². The van der Waals surface area contributed by atoms with Gasteiger partial charge in [0.05, 0.1) is 6.04 Å². The molecule has 4 nitrogen and oxygen atoms in total. The van der Waals surface area contributed by atoms with Crippen molar-refractivity contribution < 1.29 is 14.0 Å². The number of rotatable bonds is 4. The zero-order valence-electron chi connectivity index (χ0n) is 14.3. The number of carbonyl (C=O) groups excluding carboxylic acids is 2. The molecule has 1 fully saturated rings. The molecule has 3 atom stereocenters. The Morgan fingerprint density at radius 1 is 1.42 bits per heavy atom. The fourth-order valence-electron chi connectivity index (χ4n) is 3.95. The number of amides is 2. The van der Waals surface area contributed by atoms with Gasteiger partial charge in [0.1, 0.15) is 5.82 Å². The van der Waals surface area contributed by atoms with Crippen LogP contribution in [0.25, 0.3) is 0 Å². The van der Waals surface area contributed by atoms with Crippen LogP contribution in [0.1, 0.15) is 56.7 Å². The van der Waals surface area contributed by atoms with Gasteiger partial charge in [0.15, 0.2) is 0 Å². The Hall–Kier alpha value is -1.91. The molecule has 3 rings (SSSR count). The maximum Gasteiger partial charge on any atom is 0.224 e. The van der Waals surface area contributed by atoms with Crippen molar-refractivity contribution in [2.24, 2.45) is 11.8 Å². The molecule has 2 N–H and O–H groups in total. The van der Waals surface area contributed by atoms with Gasteiger partial charge in [-0.2, -0.15) is 0 Å². The van der Waals surface area contributed by atoms with E-state index < -0.39 is 0 Å². The second kappa shape index (κ2) is 6.91. The maximum atomic E-state index is 13.3. The van der Waals surface area contributed by atoms with E-state index in [0.29, 0.717) is 12.3 Å². The summed E-state index contributed by atoms with van der Waals surface area (Å²) < 4.78 is 13.3. The van der Waals surface area contributed by atoms with E-state index in [0.717, 1.165) is 30.4 Å². The summed E-state index contributed by atoms with van der Waals surface area (Å²) in [6.45, 7) is 4.23. The van der Waals surface area contributed by atoms with Crippen molar-refractivity contribution in [3.8, 4) is 0 Å². The molecule has 2 amide bonds. The maximum absolute atomic E-state index is 13.3. The minimum Gasteiger partial charge on any atom is -0.353 e. The summed E-state index contributed by atoms with van der Waals surface area (Å²) in [4.78, 5) is 24.6. The van der Waals surface area contributed by atoms with Crippen molar-refractivity contribution in [1.29, 1.82) is 0 Å². The zero-order chi connectivity index (χ0) is 17.3. The summed E-state index contributed by atoms with van der Waals surface area (Å²) >= 11 is 0. The monoisotopic (exact) mass is 332 g/mol. The summed E-state index contributed by atoms with van der Waals surface area (Å²) in [5.41, 5.74) is 1.98. The Kier molecular flexibility index (Phi) is 4.88. The lowest BCUT2D eigenvalue weighted by Gasteiger charge is -2.31. The number of carbonyl (C=O) groups is 2. The van der Waals surface area contributed by atoms with Crippen LogP contribution in [0.4, 0.5) is 4.39 Å². The van der Waals surface area contributed by atoms with Gasteiger partial charge in [0.2, 0.25) is 11.8 Å². The van der Waals surface area contributed by atoms with Gasteiger partial charge in [0, 0.05) is 18.4 Å². The molecule has 2 aliphatic rings. The first-order valence-electron chi connectivity index (χ1n) is 8.80. The molecule has 0 bridgehead atoms. The van der Waals surface area contributed by atoms with Crippen LogP contribution in [0.15, 0.2) is 18.2 Å². The lowest BCUT2D eigenvalue weighted by molar-refractivity contribution is -0.134. The molecule has 1 heterocycles. The van der Waals surface area contributed by atoms with Crippen molar-refractivity contribution in [2.75, 3.05) is 0 Å². The molecule has 0 saturated carbocycles. The molecule has 24 heavy (non-hydrogen) atoms. The van der Waals surface area contributed by atoms with E-state index in [4.69, 9.17) is 0 Å². The Morgan fingerprint density at radius 2 is 2.21 bits per heavy atom. The molecule has 1 aliphatic carbocycles. The molecule has 0 radical (unpaired) electrons. The molecule has 5 heteroatoms. The van der Waals surface area contributed by atoms with E-state index in [-0.39, 0.29) is 42.1 Å². The van der Waals surface area contributed by atoms with Gasteiger partial charge in [-0.25, -0.2) is 4.39 Å². The lowest BCUT2D eigenvalue weighted by atomic mass is 9.87. The second-order valence-electron chi connectivity index (χ2n) is 7.47. The first-order valence-corrected chi connectivity index (χ1v) is 8.80. The largest absolute Gasteiger partial charge is 0.353 e. The number of halogens is 1. The highest BCUT2D eigenvalue weighted by molar-refractivity contribution is 5.87. The molecule has 1 aromatic rings. The Morgan fingerprint density at radius 3 is 2.96 bits per heavy atom. The summed E-state index contributed by atoms with van der Waals surface area (Å²) in [6, 6.07) is 4.76. The van der Waals surface area contributed by atoms with Crippen LogP contribution in [-0.2, 0) is 16.0 Å². The summed E-state index contributed by atoms with van der Waals surface area (Å²) in [6.07, 6.45) is 3.40. The molecular formula is C19H25FN2O2. The number of hydrogen-bond donors (Lipinski definition) is 2. The fourth-order valence-corrected chi connectivity index (χ4v) is 3.95. The molecule has 3 unspecified atom stereocenters. The van der Waals surface area contributed by atoms with E-state index in [1.807, 2.05) is 0 Å². The second-order valence-corrected chi connectivity index (χ2v) is 7.47. The minimum atomic E-state index is -0.271. The van der Waals surface area contributed by atoms with Crippen molar-refractivity contribution in [1.82, 2.24) is 10.6 Å². The van der Waals surface area contributed by atoms with E-state index in [1.165, 1.54) is 6.07 Å². The third-order valence-corrected chi connectivity index (χ3v) is 4.99. The summed E-state index contributed by atoms with van der Waals surface area (Å²) in [7, 11) is 0. The number of piperidine rings is 1. The van der Waals surface area contributed by atoms with E-state index in [1.54, 1.807) is 12.1 Å².